The molecule has 1 atom stereocenters. The van der Waals surface area contributed by atoms with Crippen molar-refractivity contribution in [3.05, 3.63) is 23.8 Å². The summed E-state index contributed by atoms with van der Waals surface area (Å²) in [7, 11) is 0. The Labute approximate surface area is 129 Å². The van der Waals surface area contributed by atoms with Gasteiger partial charge in [0.1, 0.15) is 0 Å². The second-order valence-corrected chi connectivity index (χ2v) is 6.41. The van der Waals surface area contributed by atoms with Gasteiger partial charge in [0.15, 0.2) is 0 Å². The van der Waals surface area contributed by atoms with Gasteiger partial charge in [0.05, 0.1) is 11.7 Å². The van der Waals surface area contributed by atoms with Gasteiger partial charge in [-0.3, -0.25) is 9.59 Å². The van der Waals surface area contributed by atoms with Crippen molar-refractivity contribution in [2.75, 3.05) is 24.6 Å². The predicted molar refractivity (Wildman–Crippen MR) is 84.8 cm³/mol. The Morgan fingerprint density at radius 1 is 1.43 bits per heavy atom. The monoisotopic (exact) mass is 307 g/mol. The van der Waals surface area contributed by atoms with Crippen molar-refractivity contribution < 1.29 is 9.59 Å². The highest BCUT2D eigenvalue weighted by Crippen LogP contribution is 2.25. The summed E-state index contributed by atoms with van der Waals surface area (Å²) in [5, 5.41) is 0. The fraction of sp³-hybridized carbons (Fsp3) is 0.467. The van der Waals surface area contributed by atoms with Crippen LogP contribution in [0.1, 0.15) is 18.4 Å². The molecule has 0 bridgehead atoms. The number of rotatable bonds is 4. The maximum absolute atomic E-state index is 12.2. The van der Waals surface area contributed by atoms with Crippen LogP contribution in [0.4, 0.5) is 5.69 Å². The van der Waals surface area contributed by atoms with Gasteiger partial charge in [0.2, 0.25) is 11.8 Å². The number of hydrogen-bond donors (Lipinski definition) is 2. The van der Waals surface area contributed by atoms with Crippen LogP contribution in [0.2, 0.25) is 0 Å². The van der Waals surface area contributed by atoms with E-state index in [4.69, 9.17) is 11.5 Å². The van der Waals surface area contributed by atoms with E-state index < -0.39 is 0 Å². The van der Waals surface area contributed by atoms with E-state index in [9.17, 15) is 9.59 Å². The number of primary amides is 1. The van der Waals surface area contributed by atoms with Crippen molar-refractivity contribution in [1.82, 2.24) is 4.90 Å². The van der Waals surface area contributed by atoms with E-state index in [1.807, 2.05) is 25.1 Å². The Balaban J connectivity index is 1.90. The second kappa shape index (κ2) is 6.85. The van der Waals surface area contributed by atoms with Gasteiger partial charge in [-0.1, -0.05) is 0 Å². The quantitative estimate of drug-likeness (QED) is 0.650. The summed E-state index contributed by atoms with van der Waals surface area (Å²) in [5.74, 6) is -0.0846. The maximum atomic E-state index is 12.2. The maximum Gasteiger partial charge on any atom is 0.232 e. The van der Waals surface area contributed by atoms with Crippen LogP contribution in [0.5, 0.6) is 0 Å². The highest BCUT2D eigenvalue weighted by molar-refractivity contribution is 8.00. The molecule has 0 saturated carbocycles. The fourth-order valence-corrected chi connectivity index (χ4v) is 3.41. The lowest BCUT2D eigenvalue weighted by Crippen LogP contribution is -2.44. The first-order valence-corrected chi connectivity index (χ1v) is 8.02. The average molecular weight is 307 g/mol. The number of nitrogen functional groups attached to an aromatic ring is 1. The summed E-state index contributed by atoms with van der Waals surface area (Å²) < 4.78 is 0. The van der Waals surface area contributed by atoms with Crippen LogP contribution in [-0.4, -0.2) is 35.6 Å². The van der Waals surface area contributed by atoms with Crippen LogP contribution in [0.3, 0.4) is 0 Å². The van der Waals surface area contributed by atoms with Gasteiger partial charge >= 0.3 is 0 Å². The van der Waals surface area contributed by atoms with Crippen molar-refractivity contribution in [3.63, 3.8) is 0 Å². The Kier molecular flexibility index (Phi) is 5.12. The minimum absolute atomic E-state index is 0.0576. The largest absolute Gasteiger partial charge is 0.399 e. The minimum Gasteiger partial charge on any atom is -0.399 e. The number of amides is 2. The molecule has 4 N–H and O–H groups in total. The van der Waals surface area contributed by atoms with Crippen LogP contribution in [0.25, 0.3) is 0 Å². The summed E-state index contributed by atoms with van der Waals surface area (Å²) in [4.78, 5) is 26.3. The molecule has 5 nitrogen and oxygen atoms in total. The van der Waals surface area contributed by atoms with Crippen LogP contribution in [0.15, 0.2) is 23.1 Å². The Bertz CT molecular complexity index is 548. The van der Waals surface area contributed by atoms with Gasteiger partial charge < -0.3 is 16.4 Å². The predicted octanol–water partition coefficient (Wildman–Crippen LogP) is 1.39. The third-order valence-corrected chi connectivity index (χ3v) is 4.89. The first-order valence-electron chi connectivity index (χ1n) is 7.03. The van der Waals surface area contributed by atoms with Crippen LogP contribution < -0.4 is 11.5 Å². The Morgan fingerprint density at radius 3 is 2.86 bits per heavy atom. The number of aryl methyl sites for hydroxylation is 1. The van der Waals surface area contributed by atoms with E-state index in [1.165, 1.54) is 11.8 Å². The first-order chi connectivity index (χ1) is 9.97. The summed E-state index contributed by atoms with van der Waals surface area (Å²) >= 11 is 1.50. The van der Waals surface area contributed by atoms with Crippen molar-refractivity contribution in [2.24, 2.45) is 11.7 Å². The molecule has 1 fully saturated rings. The molecule has 2 rings (SSSR count). The number of nitrogens with zero attached hydrogens (tertiary/aromatic N) is 1. The second-order valence-electron chi connectivity index (χ2n) is 5.39. The van der Waals surface area contributed by atoms with Crippen molar-refractivity contribution in [2.45, 2.75) is 24.7 Å². The number of benzene rings is 1. The summed E-state index contributed by atoms with van der Waals surface area (Å²) in [6.45, 7) is 3.15. The van der Waals surface area contributed by atoms with Crippen LogP contribution in [-0.2, 0) is 9.59 Å². The van der Waals surface area contributed by atoms with E-state index in [0.717, 1.165) is 29.0 Å². The molecule has 1 aliphatic rings. The molecular formula is C15H21N3O2S. The SMILES string of the molecule is Cc1cc(N)ccc1SCC(=O)N1CCCC(C(N)=O)C1. The highest BCUT2D eigenvalue weighted by atomic mass is 32.2. The van der Waals surface area contributed by atoms with Gasteiger partial charge in [-0.25, -0.2) is 0 Å². The molecule has 114 valence electrons. The van der Waals surface area contributed by atoms with Gasteiger partial charge in [-0.05, 0) is 43.5 Å². The fourth-order valence-electron chi connectivity index (χ4n) is 2.50. The summed E-state index contributed by atoms with van der Waals surface area (Å²) in [6.07, 6.45) is 1.62. The van der Waals surface area contributed by atoms with Crippen molar-refractivity contribution in [3.8, 4) is 0 Å². The van der Waals surface area contributed by atoms with E-state index in [1.54, 1.807) is 4.90 Å². The lowest BCUT2D eigenvalue weighted by Gasteiger charge is -2.31. The van der Waals surface area contributed by atoms with Crippen molar-refractivity contribution in [1.29, 1.82) is 0 Å². The molecule has 0 radical (unpaired) electrons. The van der Waals surface area contributed by atoms with Crippen LogP contribution in [0, 0.1) is 12.8 Å². The standard InChI is InChI=1S/C15H21N3O2S/c1-10-7-12(16)4-5-13(10)21-9-14(19)18-6-2-3-11(8-18)15(17)20/h4-5,7,11H,2-3,6,8-9,16H2,1H3,(H2,17,20). The number of piperidine rings is 1. The molecule has 1 unspecified atom stereocenters. The molecule has 2 amide bonds. The molecule has 0 aliphatic carbocycles. The van der Waals surface area contributed by atoms with Crippen molar-refractivity contribution >= 4 is 29.3 Å². The first kappa shape index (κ1) is 15.7. The third kappa shape index (κ3) is 4.14. The van der Waals surface area contributed by atoms with E-state index in [0.29, 0.717) is 18.8 Å². The van der Waals surface area contributed by atoms with E-state index in [2.05, 4.69) is 0 Å². The van der Waals surface area contributed by atoms with Crippen LogP contribution >= 0.6 is 11.8 Å². The Morgan fingerprint density at radius 2 is 2.19 bits per heavy atom. The molecular weight excluding hydrogens is 286 g/mol. The summed E-state index contributed by atoms with van der Waals surface area (Å²) in [6, 6.07) is 5.67. The number of carbonyl (C=O) groups excluding carboxylic acids is 2. The average Bonchev–Trinajstić information content (AvgIpc) is 2.46. The smallest absolute Gasteiger partial charge is 0.232 e. The molecule has 0 spiro atoms. The topological polar surface area (TPSA) is 89.4 Å². The zero-order valence-electron chi connectivity index (χ0n) is 12.2. The molecule has 1 aromatic carbocycles. The number of anilines is 1. The number of likely N-dealkylation sites (tertiary alicyclic amines) is 1. The molecule has 6 heteroatoms. The zero-order valence-corrected chi connectivity index (χ0v) is 13.0. The zero-order chi connectivity index (χ0) is 15.4. The molecule has 0 aromatic heterocycles. The molecule has 21 heavy (non-hydrogen) atoms. The number of carbonyl (C=O) groups is 2. The molecule has 1 saturated heterocycles. The molecule has 1 heterocycles. The Hall–Kier alpha value is -1.69. The third-order valence-electron chi connectivity index (χ3n) is 3.73. The lowest BCUT2D eigenvalue weighted by molar-refractivity contribution is -0.132. The molecule has 1 aliphatic heterocycles. The summed E-state index contributed by atoms with van der Waals surface area (Å²) in [5.41, 5.74) is 12.8. The van der Waals surface area contributed by atoms with E-state index >= 15 is 0 Å². The minimum atomic E-state index is -0.311. The normalized spacial score (nSPS) is 18.5. The lowest BCUT2D eigenvalue weighted by atomic mass is 9.97. The molecule has 1 aromatic rings. The van der Waals surface area contributed by atoms with Gasteiger partial charge in [-0.2, -0.15) is 0 Å². The van der Waals surface area contributed by atoms with Gasteiger partial charge in [0, 0.05) is 23.7 Å². The van der Waals surface area contributed by atoms with E-state index in [-0.39, 0.29) is 17.7 Å². The highest BCUT2D eigenvalue weighted by Gasteiger charge is 2.26. The number of thioether (sulfide) groups is 1. The van der Waals surface area contributed by atoms with Gasteiger partial charge in [-0.15, -0.1) is 11.8 Å². The van der Waals surface area contributed by atoms with Gasteiger partial charge in [0.25, 0.3) is 0 Å². The number of hydrogen-bond acceptors (Lipinski definition) is 4. The number of nitrogens with two attached hydrogens (primary N) is 2.